The van der Waals surface area contributed by atoms with Gasteiger partial charge in [-0.05, 0) is 23.6 Å². The van der Waals surface area contributed by atoms with Crippen molar-refractivity contribution in [1.29, 1.82) is 0 Å². The molecule has 0 bridgehead atoms. The fourth-order valence-electron chi connectivity index (χ4n) is 1.50. The third-order valence-electron chi connectivity index (χ3n) is 2.43. The van der Waals surface area contributed by atoms with E-state index in [4.69, 9.17) is 16.7 Å². The molecule has 0 saturated carbocycles. The van der Waals surface area contributed by atoms with Crippen LogP contribution in [0.4, 0.5) is 5.69 Å². The monoisotopic (exact) mass is 298 g/mol. The molecule has 6 heteroatoms. The molecule has 1 aromatic carbocycles. The van der Waals surface area contributed by atoms with Gasteiger partial charge in [0.2, 0.25) is 5.91 Å². The van der Waals surface area contributed by atoms with Crippen LogP contribution in [0.2, 0.25) is 5.02 Å². The molecule has 0 aromatic heterocycles. The highest BCUT2D eigenvalue weighted by Gasteiger charge is 2.12. The molecule has 1 amide bonds. The first kappa shape index (κ1) is 16.5. The number of amides is 1. The van der Waals surface area contributed by atoms with E-state index in [1.54, 1.807) is 0 Å². The van der Waals surface area contributed by atoms with Gasteiger partial charge in [-0.2, -0.15) is 0 Å². The first-order valence-corrected chi connectivity index (χ1v) is 6.60. The number of hydrogen-bond donors (Lipinski definition) is 3. The van der Waals surface area contributed by atoms with Crippen LogP contribution in [0.3, 0.4) is 0 Å². The van der Waals surface area contributed by atoms with Crippen molar-refractivity contribution in [3.8, 4) is 0 Å². The van der Waals surface area contributed by atoms with E-state index in [9.17, 15) is 9.59 Å². The van der Waals surface area contributed by atoms with Crippen molar-refractivity contribution in [3.63, 3.8) is 0 Å². The van der Waals surface area contributed by atoms with Gasteiger partial charge in [0.15, 0.2) is 0 Å². The van der Waals surface area contributed by atoms with Gasteiger partial charge in [0.1, 0.15) is 0 Å². The number of aromatic carboxylic acids is 1. The van der Waals surface area contributed by atoms with Crippen LogP contribution in [0.15, 0.2) is 18.2 Å². The predicted octanol–water partition coefficient (Wildman–Crippen LogP) is 2.61. The summed E-state index contributed by atoms with van der Waals surface area (Å²) in [6.07, 6.45) is 0. The van der Waals surface area contributed by atoms with Crippen LogP contribution in [0, 0.1) is 5.41 Å². The Kier molecular flexibility index (Phi) is 5.53. The number of benzene rings is 1. The molecule has 0 aliphatic rings. The third kappa shape index (κ3) is 5.59. The largest absolute Gasteiger partial charge is 0.478 e. The van der Waals surface area contributed by atoms with Crippen molar-refractivity contribution in [2.45, 2.75) is 20.8 Å². The first-order valence-electron chi connectivity index (χ1n) is 6.22. The highest BCUT2D eigenvalue weighted by atomic mass is 35.5. The molecule has 1 rings (SSSR count). The second-order valence-electron chi connectivity index (χ2n) is 5.71. The number of carbonyl (C=O) groups is 2. The number of rotatable bonds is 5. The van der Waals surface area contributed by atoms with E-state index < -0.39 is 5.97 Å². The van der Waals surface area contributed by atoms with Crippen LogP contribution >= 0.6 is 11.6 Å². The summed E-state index contributed by atoms with van der Waals surface area (Å²) in [5.41, 5.74) is 0.461. The average Bonchev–Trinajstić information content (AvgIpc) is 2.30. The Balaban J connectivity index is 2.62. The molecule has 0 fully saturated rings. The summed E-state index contributed by atoms with van der Waals surface area (Å²) in [5.74, 6) is -1.33. The molecular weight excluding hydrogens is 280 g/mol. The molecule has 0 aliphatic heterocycles. The predicted molar refractivity (Wildman–Crippen MR) is 79.4 cm³/mol. The Labute approximate surface area is 123 Å². The van der Waals surface area contributed by atoms with Gasteiger partial charge in [-0.1, -0.05) is 32.4 Å². The van der Waals surface area contributed by atoms with E-state index in [1.807, 2.05) is 0 Å². The molecular formula is C14H19ClN2O3. The van der Waals surface area contributed by atoms with Crippen molar-refractivity contribution in [3.05, 3.63) is 28.8 Å². The highest BCUT2D eigenvalue weighted by molar-refractivity contribution is 6.33. The standard InChI is InChI=1S/C14H19ClN2O3/c1-14(2,3)8-16-7-12(18)17-11-6-9(13(19)20)4-5-10(11)15/h4-6,16H,7-8H2,1-3H3,(H,17,18)(H,19,20). The summed E-state index contributed by atoms with van der Waals surface area (Å²) in [7, 11) is 0. The van der Waals surface area contributed by atoms with E-state index in [0.29, 0.717) is 17.3 Å². The summed E-state index contributed by atoms with van der Waals surface area (Å²) in [6, 6.07) is 4.17. The topological polar surface area (TPSA) is 78.4 Å². The van der Waals surface area contributed by atoms with Crippen molar-refractivity contribution in [2.75, 3.05) is 18.4 Å². The number of hydrogen-bond acceptors (Lipinski definition) is 3. The molecule has 0 heterocycles. The van der Waals surface area contributed by atoms with Gasteiger partial charge < -0.3 is 15.7 Å². The lowest BCUT2D eigenvalue weighted by Gasteiger charge is -2.18. The summed E-state index contributed by atoms with van der Waals surface area (Å²) in [4.78, 5) is 22.6. The second kappa shape index (κ2) is 6.72. The smallest absolute Gasteiger partial charge is 0.335 e. The lowest BCUT2D eigenvalue weighted by molar-refractivity contribution is -0.115. The molecule has 0 unspecified atom stereocenters. The quantitative estimate of drug-likeness (QED) is 0.781. The summed E-state index contributed by atoms with van der Waals surface area (Å²) >= 11 is 5.92. The maximum Gasteiger partial charge on any atom is 0.335 e. The number of nitrogens with one attached hydrogen (secondary N) is 2. The molecule has 0 saturated heterocycles. The van der Waals surface area contributed by atoms with Gasteiger partial charge in [0.05, 0.1) is 22.8 Å². The van der Waals surface area contributed by atoms with Crippen LogP contribution in [-0.4, -0.2) is 30.1 Å². The number of anilines is 1. The van der Waals surface area contributed by atoms with E-state index in [-0.39, 0.29) is 23.4 Å². The van der Waals surface area contributed by atoms with Crippen LogP contribution < -0.4 is 10.6 Å². The molecule has 0 atom stereocenters. The Hall–Kier alpha value is -1.59. The molecule has 0 spiro atoms. The average molecular weight is 299 g/mol. The van der Waals surface area contributed by atoms with Gasteiger partial charge in [-0.15, -0.1) is 0 Å². The summed E-state index contributed by atoms with van der Waals surface area (Å²) in [5, 5.41) is 14.8. The molecule has 5 nitrogen and oxygen atoms in total. The number of carboxylic acid groups (broad SMARTS) is 1. The molecule has 0 radical (unpaired) electrons. The maximum absolute atomic E-state index is 11.8. The van der Waals surface area contributed by atoms with E-state index in [0.717, 1.165) is 0 Å². The minimum Gasteiger partial charge on any atom is -0.478 e. The number of carboxylic acids is 1. The molecule has 110 valence electrons. The van der Waals surface area contributed by atoms with Gasteiger partial charge in [0, 0.05) is 6.54 Å². The first-order chi connectivity index (χ1) is 9.19. The molecule has 20 heavy (non-hydrogen) atoms. The van der Waals surface area contributed by atoms with Crippen molar-refractivity contribution in [1.82, 2.24) is 5.32 Å². The Bertz CT molecular complexity index is 510. The van der Waals surface area contributed by atoms with Crippen LogP contribution in [-0.2, 0) is 4.79 Å². The van der Waals surface area contributed by atoms with Gasteiger partial charge in [-0.25, -0.2) is 4.79 Å². The van der Waals surface area contributed by atoms with E-state index in [2.05, 4.69) is 31.4 Å². The van der Waals surface area contributed by atoms with Crippen molar-refractivity contribution < 1.29 is 14.7 Å². The fourth-order valence-corrected chi connectivity index (χ4v) is 1.66. The molecule has 3 N–H and O–H groups in total. The normalized spacial score (nSPS) is 11.2. The zero-order valence-electron chi connectivity index (χ0n) is 11.8. The Morgan fingerprint density at radius 1 is 1.30 bits per heavy atom. The maximum atomic E-state index is 11.8. The molecule has 1 aromatic rings. The second-order valence-corrected chi connectivity index (χ2v) is 6.12. The number of carbonyl (C=O) groups excluding carboxylic acids is 1. The number of halogens is 1. The van der Waals surface area contributed by atoms with Crippen LogP contribution in [0.1, 0.15) is 31.1 Å². The minimum absolute atomic E-state index is 0.0763. The third-order valence-corrected chi connectivity index (χ3v) is 2.76. The lowest BCUT2D eigenvalue weighted by Crippen LogP contribution is -2.34. The van der Waals surface area contributed by atoms with Crippen molar-refractivity contribution in [2.24, 2.45) is 5.41 Å². The highest BCUT2D eigenvalue weighted by Crippen LogP contribution is 2.23. The van der Waals surface area contributed by atoms with Gasteiger partial charge in [-0.3, -0.25) is 4.79 Å². The van der Waals surface area contributed by atoms with Crippen molar-refractivity contribution >= 4 is 29.2 Å². The Morgan fingerprint density at radius 2 is 1.95 bits per heavy atom. The Morgan fingerprint density at radius 3 is 2.50 bits per heavy atom. The van der Waals surface area contributed by atoms with Gasteiger partial charge in [0.25, 0.3) is 0 Å². The SMILES string of the molecule is CC(C)(C)CNCC(=O)Nc1cc(C(=O)O)ccc1Cl. The molecule has 0 aliphatic carbocycles. The fraction of sp³-hybridized carbons (Fsp3) is 0.429. The zero-order chi connectivity index (χ0) is 15.3. The summed E-state index contributed by atoms with van der Waals surface area (Å²) in [6.45, 7) is 7.02. The minimum atomic E-state index is -1.07. The zero-order valence-corrected chi connectivity index (χ0v) is 12.5. The lowest BCUT2D eigenvalue weighted by atomic mass is 9.97. The van der Waals surface area contributed by atoms with E-state index in [1.165, 1.54) is 18.2 Å². The van der Waals surface area contributed by atoms with Gasteiger partial charge >= 0.3 is 5.97 Å². The van der Waals surface area contributed by atoms with Crippen LogP contribution in [0.25, 0.3) is 0 Å². The van der Waals surface area contributed by atoms with Crippen LogP contribution in [0.5, 0.6) is 0 Å². The summed E-state index contributed by atoms with van der Waals surface area (Å²) < 4.78 is 0. The van der Waals surface area contributed by atoms with E-state index >= 15 is 0 Å².